The highest BCUT2D eigenvalue weighted by Gasteiger charge is 2.90. The summed E-state index contributed by atoms with van der Waals surface area (Å²) in [5, 5.41) is -4.64. The average Bonchev–Trinajstić information content (AvgIpc) is 2.29. The highest BCUT2D eigenvalue weighted by Crippen LogP contribution is 2.85. The van der Waals surface area contributed by atoms with Gasteiger partial charge in [0.1, 0.15) is 5.16 Å². The number of alkyl halides is 9. The quantitative estimate of drug-likeness (QED) is 0.366. The smallest absolute Gasteiger partial charge is 0.306 e. The van der Waals surface area contributed by atoms with Crippen molar-refractivity contribution in [3.8, 4) is 0 Å². The average molecular weight is 434 g/mol. The Morgan fingerprint density at radius 2 is 1.04 bits per heavy atom. The molecule has 3 unspecified atom stereocenters. The van der Waals surface area contributed by atoms with Crippen molar-refractivity contribution in [2.45, 2.75) is 86.5 Å². The Morgan fingerprint density at radius 3 is 1.30 bits per heavy atom. The van der Waals surface area contributed by atoms with Gasteiger partial charge in [0.05, 0.1) is 0 Å². The summed E-state index contributed by atoms with van der Waals surface area (Å²) in [6.07, 6.45) is -20.2. The first-order valence-corrected chi connectivity index (χ1v) is 9.10. The summed E-state index contributed by atoms with van der Waals surface area (Å²) in [7, 11) is -2.71. The molecule has 4 rings (SSSR count). The molecule has 3 nitrogen and oxygen atoms in total. The zero-order chi connectivity index (χ0) is 21.1. The molecule has 4 saturated heterocycles. The zero-order valence-corrected chi connectivity index (χ0v) is 15.4. The van der Waals surface area contributed by atoms with E-state index in [1.165, 1.54) is 20.8 Å². The highest BCUT2D eigenvalue weighted by molar-refractivity contribution is 7.62. The maximum atomic E-state index is 14.2. The normalized spacial score (nSPS) is 45.4. The molecule has 0 aromatic heterocycles. The summed E-state index contributed by atoms with van der Waals surface area (Å²) >= 11 is 0. The Hall–Kier alpha value is -0.320. The van der Waals surface area contributed by atoms with E-state index in [4.69, 9.17) is 9.47 Å². The number of hydrogen-bond donors (Lipinski definition) is 0. The molecule has 4 aliphatic heterocycles. The number of hydrogen-bond acceptors (Lipinski definition) is 3. The van der Waals surface area contributed by atoms with Crippen LogP contribution in [0.3, 0.4) is 0 Å². The lowest BCUT2D eigenvalue weighted by Crippen LogP contribution is -2.82. The third kappa shape index (κ3) is 2.58. The van der Waals surface area contributed by atoms with Gasteiger partial charge in [0.15, 0.2) is 5.53 Å². The second-order valence-electron chi connectivity index (χ2n) is 8.09. The fourth-order valence-corrected chi connectivity index (χ4v) is 9.31. The van der Waals surface area contributed by atoms with Gasteiger partial charge in [-0.05, 0) is 20.0 Å². The Labute approximate surface area is 149 Å². The molecule has 4 bridgehead atoms. The second-order valence-corrected chi connectivity index (χ2v) is 11.8. The van der Waals surface area contributed by atoms with Crippen molar-refractivity contribution < 1.29 is 53.7 Å². The summed E-state index contributed by atoms with van der Waals surface area (Å²) < 4.78 is 138. The van der Waals surface area contributed by atoms with E-state index in [0.29, 0.717) is 6.92 Å². The fourth-order valence-electron chi connectivity index (χ4n) is 4.57. The first-order chi connectivity index (χ1) is 11.7. The summed E-state index contributed by atoms with van der Waals surface area (Å²) in [5.41, 5.74) is -2.76. The summed E-state index contributed by atoms with van der Waals surface area (Å²) in [6.45, 7) is 4.65. The molecule has 27 heavy (non-hydrogen) atoms. The van der Waals surface area contributed by atoms with E-state index in [1.54, 1.807) is 0 Å². The van der Waals surface area contributed by atoms with Crippen LogP contribution in [0, 0.1) is 0 Å². The van der Waals surface area contributed by atoms with Crippen LogP contribution in [0.15, 0.2) is 0 Å². The van der Waals surface area contributed by atoms with Crippen molar-refractivity contribution in [1.29, 1.82) is 0 Å². The predicted molar refractivity (Wildman–Crippen MR) is 73.9 cm³/mol. The number of ether oxygens (including phenoxy) is 3. The van der Waals surface area contributed by atoms with Crippen molar-refractivity contribution in [3.63, 3.8) is 0 Å². The molecule has 0 aromatic rings. The van der Waals surface area contributed by atoms with Gasteiger partial charge < -0.3 is 14.2 Å². The Morgan fingerprint density at radius 1 is 0.667 bits per heavy atom. The molecule has 158 valence electrons. The third-order valence-electron chi connectivity index (χ3n) is 4.99. The molecule has 13 heteroatoms. The van der Waals surface area contributed by atoms with Crippen LogP contribution in [-0.2, 0) is 14.2 Å². The minimum absolute atomic E-state index is 0.715. The zero-order valence-electron chi connectivity index (χ0n) is 14.5. The summed E-state index contributed by atoms with van der Waals surface area (Å²) in [5.74, 6) is -8.12. The molecule has 0 spiro atoms. The summed E-state index contributed by atoms with van der Waals surface area (Å²) in [4.78, 5) is 0. The lowest BCUT2D eigenvalue weighted by atomic mass is 9.84. The van der Waals surface area contributed by atoms with Crippen molar-refractivity contribution in [1.82, 2.24) is 0 Å². The van der Waals surface area contributed by atoms with Crippen LogP contribution < -0.4 is 0 Å². The van der Waals surface area contributed by atoms with E-state index < -0.39 is 66.7 Å². The van der Waals surface area contributed by atoms with Gasteiger partial charge in [-0.3, -0.25) is 0 Å². The third-order valence-corrected chi connectivity index (χ3v) is 8.75. The number of halogens is 9. The minimum atomic E-state index is -5.63. The lowest BCUT2D eigenvalue weighted by molar-refractivity contribution is -0.592. The molecule has 0 aliphatic carbocycles. The van der Waals surface area contributed by atoms with E-state index >= 15 is 0 Å². The topological polar surface area (TPSA) is 27.7 Å². The number of rotatable bonds is 0. The molecule has 0 aromatic carbocycles. The second kappa shape index (κ2) is 5.05. The van der Waals surface area contributed by atoms with Gasteiger partial charge in [0, 0.05) is 12.8 Å². The van der Waals surface area contributed by atoms with Gasteiger partial charge in [-0.2, -0.15) is 39.5 Å². The molecule has 0 N–H and O–H groups in total. The van der Waals surface area contributed by atoms with Gasteiger partial charge in [0.2, 0.25) is 0 Å². The molecule has 3 atom stereocenters. The minimum Gasteiger partial charge on any atom is -0.306 e. The van der Waals surface area contributed by atoms with Crippen LogP contribution in [0.5, 0.6) is 0 Å². The Kier molecular flexibility index (Phi) is 4.00. The summed E-state index contributed by atoms with van der Waals surface area (Å²) in [6, 6.07) is 0. The molecular formula is C14H16F9O3P. The van der Waals surface area contributed by atoms with Crippen LogP contribution in [-0.4, -0.2) is 45.9 Å². The van der Waals surface area contributed by atoms with Gasteiger partial charge in [-0.1, -0.05) is 20.8 Å². The van der Waals surface area contributed by atoms with Gasteiger partial charge in [0.25, 0.3) is 11.6 Å². The Balaban J connectivity index is 2.36. The predicted octanol–water partition coefficient (Wildman–Crippen LogP) is 5.63. The van der Waals surface area contributed by atoms with E-state index in [1.807, 2.05) is 0 Å². The fraction of sp³-hybridized carbons (Fsp3) is 1.00. The molecule has 4 aliphatic rings. The largest absolute Gasteiger partial charge is 0.443 e. The maximum absolute atomic E-state index is 14.2. The van der Waals surface area contributed by atoms with E-state index in [2.05, 4.69) is 4.74 Å². The van der Waals surface area contributed by atoms with Crippen molar-refractivity contribution in [2.24, 2.45) is 0 Å². The van der Waals surface area contributed by atoms with Crippen molar-refractivity contribution >= 4 is 7.92 Å². The monoisotopic (exact) mass is 434 g/mol. The van der Waals surface area contributed by atoms with Crippen LogP contribution >= 0.6 is 7.92 Å². The van der Waals surface area contributed by atoms with E-state index in [-0.39, 0.29) is 0 Å². The Bertz CT molecular complexity index is 618. The van der Waals surface area contributed by atoms with Gasteiger partial charge in [-0.15, -0.1) is 0 Å². The van der Waals surface area contributed by atoms with Crippen LogP contribution in [0.25, 0.3) is 0 Å². The van der Waals surface area contributed by atoms with Gasteiger partial charge in [-0.25, -0.2) is 0 Å². The molecule has 4 heterocycles. The maximum Gasteiger partial charge on any atom is 0.443 e. The SMILES string of the molecule is CC(C)(C)P1C2(C)OC3(C(F)(F)F)CC1(C(F)(F)F)CC(C(F)(F)F)(O2)O3. The highest BCUT2D eigenvalue weighted by atomic mass is 31.1. The van der Waals surface area contributed by atoms with Crippen molar-refractivity contribution in [3.05, 3.63) is 0 Å². The standard InChI is InChI=1S/C14H16F9O3P/c1-7(2,3)27-8(4)24-10(13(18,19)20)5-9(27,12(15,16)17)6-11(25-8,26-10)14(21,22)23/h5-6H2,1-4H3. The molecular weight excluding hydrogens is 418 g/mol. The van der Waals surface area contributed by atoms with E-state index in [9.17, 15) is 39.5 Å². The van der Waals surface area contributed by atoms with Crippen LogP contribution in [0.2, 0.25) is 0 Å². The van der Waals surface area contributed by atoms with Crippen molar-refractivity contribution in [2.75, 3.05) is 0 Å². The van der Waals surface area contributed by atoms with Gasteiger partial charge >= 0.3 is 18.5 Å². The lowest BCUT2D eigenvalue weighted by Gasteiger charge is -2.72. The first kappa shape index (κ1) is 21.4. The molecule has 4 fully saturated rings. The molecule has 0 radical (unpaired) electrons. The van der Waals surface area contributed by atoms with E-state index in [0.717, 1.165) is 0 Å². The van der Waals surface area contributed by atoms with Crippen LogP contribution in [0.1, 0.15) is 40.5 Å². The van der Waals surface area contributed by atoms with Crippen LogP contribution in [0.4, 0.5) is 39.5 Å². The first-order valence-electron chi connectivity index (χ1n) is 7.76. The molecule has 0 saturated carbocycles. The molecule has 0 amide bonds.